The minimum Gasteiger partial charge on any atom is -0.485 e. The third kappa shape index (κ3) is 2.23. The molecule has 88 valence electrons. The molecule has 1 atom stereocenters. The minimum atomic E-state index is 0.191. The normalized spacial score (nSPS) is 18.5. The minimum absolute atomic E-state index is 0.191. The van der Waals surface area contributed by atoms with Gasteiger partial charge in [0.2, 0.25) is 0 Å². The summed E-state index contributed by atoms with van der Waals surface area (Å²) >= 11 is 0. The van der Waals surface area contributed by atoms with Crippen molar-refractivity contribution in [2.75, 3.05) is 17.6 Å². The van der Waals surface area contributed by atoms with Gasteiger partial charge in [-0.2, -0.15) is 0 Å². The molecule has 0 amide bonds. The van der Waals surface area contributed by atoms with Crippen molar-refractivity contribution in [1.29, 1.82) is 0 Å². The number of fused-ring (bicyclic) bond motifs is 1. The van der Waals surface area contributed by atoms with Crippen LogP contribution in [-0.2, 0) is 6.42 Å². The topological polar surface area (TPSA) is 47.3 Å². The summed E-state index contributed by atoms with van der Waals surface area (Å²) in [4.78, 5) is 0. The zero-order valence-corrected chi connectivity index (χ0v) is 10.0. The van der Waals surface area contributed by atoms with Gasteiger partial charge in [-0.1, -0.05) is 13.3 Å². The highest BCUT2D eigenvalue weighted by molar-refractivity contribution is 5.71. The van der Waals surface area contributed by atoms with E-state index in [9.17, 15) is 0 Å². The lowest BCUT2D eigenvalue weighted by Crippen LogP contribution is -2.28. The van der Waals surface area contributed by atoms with Gasteiger partial charge in [0.15, 0.2) is 5.75 Å². The van der Waals surface area contributed by atoms with Gasteiger partial charge in [-0.05, 0) is 37.5 Å². The number of rotatable bonds is 3. The summed E-state index contributed by atoms with van der Waals surface area (Å²) in [5, 5.41) is 3.37. The molecule has 0 fully saturated rings. The van der Waals surface area contributed by atoms with Crippen LogP contribution in [0.25, 0.3) is 0 Å². The van der Waals surface area contributed by atoms with Gasteiger partial charge in [-0.15, -0.1) is 0 Å². The maximum atomic E-state index is 6.01. The van der Waals surface area contributed by atoms with E-state index in [0.717, 1.165) is 30.1 Å². The van der Waals surface area contributed by atoms with E-state index in [-0.39, 0.29) is 6.10 Å². The zero-order valence-electron chi connectivity index (χ0n) is 10.0. The van der Waals surface area contributed by atoms with Crippen LogP contribution in [0, 0.1) is 0 Å². The maximum Gasteiger partial charge on any atom is 0.165 e. The van der Waals surface area contributed by atoms with Crippen LogP contribution in [0.4, 0.5) is 11.4 Å². The van der Waals surface area contributed by atoms with Crippen LogP contribution in [0.15, 0.2) is 12.1 Å². The third-order valence-corrected chi connectivity index (χ3v) is 2.90. The van der Waals surface area contributed by atoms with Crippen LogP contribution < -0.4 is 15.8 Å². The molecule has 0 aliphatic carbocycles. The summed E-state index contributed by atoms with van der Waals surface area (Å²) in [6, 6.07) is 4.20. The number of aryl methyl sites for hydroxylation is 1. The molecule has 0 saturated carbocycles. The van der Waals surface area contributed by atoms with Crippen LogP contribution >= 0.6 is 0 Å². The van der Waals surface area contributed by atoms with E-state index in [2.05, 4.69) is 18.3 Å². The summed E-state index contributed by atoms with van der Waals surface area (Å²) in [7, 11) is 0. The van der Waals surface area contributed by atoms with E-state index in [1.54, 1.807) is 0 Å². The Kier molecular flexibility index (Phi) is 3.22. The molecule has 16 heavy (non-hydrogen) atoms. The SMILES string of the molecule is CCCCc1cc(N)c2c(c1)NCC(C)O2. The molecule has 1 unspecified atom stereocenters. The fourth-order valence-corrected chi connectivity index (χ4v) is 2.00. The first-order valence-electron chi connectivity index (χ1n) is 6.03. The number of hydrogen-bond acceptors (Lipinski definition) is 3. The Morgan fingerprint density at radius 1 is 1.50 bits per heavy atom. The molecule has 0 spiro atoms. The predicted molar refractivity (Wildman–Crippen MR) is 68.0 cm³/mol. The van der Waals surface area contributed by atoms with Crippen molar-refractivity contribution in [3.8, 4) is 5.75 Å². The van der Waals surface area contributed by atoms with Crippen molar-refractivity contribution in [2.24, 2.45) is 0 Å². The highest BCUT2D eigenvalue weighted by Crippen LogP contribution is 2.36. The molecular formula is C13H20N2O. The summed E-state index contributed by atoms with van der Waals surface area (Å²) in [6.07, 6.45) is 3.69. The van der Waals surface area contributed by atoms with Crippen LogP contribution in [0.1, 0.15) is 32.3 Å². The number of benzene rings is 1. The second kappa shape index (κ2) is 4.64. The molecule has 1 aliphatic rings. The lowest BCUT2D eigenvalue weighted by Gasteiger charge is -2.26. The number of ether oxygens (including phenoxy) is 1. The van der Waals surface area contributed by atoms with Crippen molar-refractivity contribution < 1.29 is 4.74 Å². The van der Waals surface area contributed by atoms with Crippen LogP contribution in [-0.4, -0.2) is 12.6 Å². The molecule has 0 saturated heterocycles. The van der Waals surface area contributed by atoms with Gasteiger partial charge >= 0.3 is 0 Å². The third-order valence-electron chi connectivity index (χ3n) is 2.90. The van der Waals surface area contributed by atoms with Crippen LogP contribution in [0.2, 0.25) is 0 Å². The van der Waals surface area contributed by atoms with Gasteiger partial charge in [0.25, 0.3) is 0 Å². The van der Waals surface area contributed by atoms with Gasteiger partial charge < -0.3 is 15.8 Å². The van der Waals surface area contributed by atoms with Gasteiger partial charge in [0.05, 0.1) is 17.9 Å². The Hall–Kier alpha value is -1.38. The van der Waals surface area contributed by atoms with Crippen LogP contribution in [0.5, 0.6) is 5.75 Å². The van der Waals surface area contributed by atoms with Crippen molar-refractivity contribution in [2.45, 2.75) is 39.2 Å². The first kappa shape index (κ1) is 11.1. The summed E-state index contributed by atoms with van der Waals surface area (Å²) in [5.41, 5.74) is 9.10. The Bertz CT molecular complexity index is 376. The first-order valence-corrected chi connectivity index (χ1v) is 6.03. The molecule has 0 radical (unpaired) electrons. The van der Waals surface area contributed by atoms with Gasteiger partial charge in [-0.25, -0.2) is 0 Å². The first-order chi connectivity index (χ1) is 7.70. The molecular weight excluding hydrogens is 200 g/mol. The number of nitrogen functional groups attached to an aromatic ring is 1. The molecule has 1 heterocycles. The largest absolute Gasteiger partial charge is 0.485 e. The number of hydrogen-bond donors (Lipinski definition) is 2. The fourth-order valence-electron chi connectivity index (χ4n) is 2.00. The Morgan fingerprint density at radius 3 is 3.06 bits per heavy atom. The predicted octanol–water partition coefficient (Wildman–Crippen LogP) is 2.80. The summed E-state index contributed by atoms with van der Waals surface area (Å²) in [5.74, 6) is 0.819. The van der Waals surface area contributed by atoms with E-state index >= 15 is 0 Å². The molecule has 3 nitrogen and oxygen atoms in total. The van der Waals surface area contributed by atoms with Crippen molar-refractivity contribution in [3.63, 3.8) is 0 Å². The van der Waals surface area contributed by atoms with E-state index in [1.807, 2.05) is 13.0 Å². The van der Waals surface area contributed by atoms with Gasteiger partial charge in [-0.3, -0.25) is 0 Å². The molecule has 0 aromatic heterocycles. The van der Waals surface area contributed by atoms with Gasteiger partial charge in [0, 0.05) is 0 Å². The highest BCUT2D eigenvalue weighted by atomic mass is 16.5. The van der Waals surface area contributed by atoms with Gasteiger partial charge in [0.1, 0.15) is 6.10 Å². The summed E-state index contributed by atoms with van der Waals surface area (Å²) in [6.45, 7) is 5.09. The smallest absolute Gasteiger partial charge is 0.165 e. The van der Waals surface area contributed by atoms with E-state index in [1.165, 1.54) is 18.4 Å². The molecule has 1 aromatic carbocycles. The lowest BCUT2D eigenvalue weighted by molar-refractivity contribution is 0.227. The Morgan fingerprint density at radius 2 is 2.31 bits per heavy atom. The van der Waals surface area contributed by atoms with Crippen molar-refractivity contribution >= 4 is 11.4 Å². The average Bonchev–Trinajstić information content (AvgIpc) is 2.27. The number of nitrogens with two attached hydrogens (primary N) is 1. The summed E-state index contributed by atoms with van der Waals surface area (Å²) < 4.78 is 5.73. The second-order valence-electron chi connectivity index (χ2n) is 4.47. The maximum absolute atomic E-state index is 6.01. The molecule has 1 aromatic rings. The standard InChI is InChI=1S/C13H20N2O/c1-3-4-5-10-6-11(14)13-12(7-10)15-8-9(2)16-13/h6-7,9,15H,3-5,8,14H2,1-2H3. The van der Waals surface area contributed by atoms with Crippen LogP contribution in [0.3, 0.4) is 0 Å². The molecule has 0 bridgehead atoms. The molecule has 3 heteroatoms. The second-order valence-corrected chi connectivity index (χ2v) is 4.47. The van der Waals surface area contributed by atoms with E-state index in [0.29, 0.717) is 0 Å². The Labute approximate surface area is 97.0 Å². The number of nitrogens with one attached hydrogen (secondary N) is 1. The fraction of sp³-hybridized carbons (Fsp3) is 0.538. The molecule has 3 N–H and O–H groups in total. The highest BCUT2D eigenvalue weighted by Gasteiger charge is 2.18. The number of anilines is 2. The lowest BCUT2D eigenvalue weighted by atomic mass is 10.1. The Balaban J connectivity index is 2.24. The average molecular weight is 220 g/mol. The molecule has 2 rings (SSSR count). The quantitative estimate of drug-likeness (QED) is 0.770. The van der Waals surface area contributed by atoms with Crippen molar-refractivity contribution in [3.05, 3.63) is 17.7 Å². The monoisotopic (exact) mass is 220 g/mol. The van der Waals surface area contributed by atoms with E-state index in [4.69, 9.17) is 10.5 Å². The number of unbranched alkanes of at least 4 members (excludes halogenated alkanes) is 1. The van der Waals surface area contributed by atoms with E-state index < -0.39 is 0 Å². The zero-order chi connectivity index (χ0) is 11.5. The molecule has 1 aliphatic heterocycles. The van der Waals surface area contributed by atoms with Crippen molar-refractivity contribution in [1.82, 2.24) is 0 Å².